The van der Waals surface area contributed by atoms with Gasteiger partial charge in [0.15, 0.2) is 5.78 Å². The number of Topliss-reactive ketones (excluding diaryl/α,β-unsaturated/α-hetero) is 1. The van der Waals surface area contributed by atoms with Gasteiger partial charge in [0, 0.05) is 30.6 Å². The van der Waals surface area contributed by atoms with Crippen molar-refractivity contribution in [1.82, 2.24) is 10.3 Å². The van der Waals surface area contributed by atoms with Crippen LogP contribution < -0.4 is 10.1 Å². The molecule has 154 valence electrons. The number of nitrogens with zero attached hydrogens (tertiary/aromatic N) is 1. The zero-order valence-electron chi connectivity index (χ0n) is 17.1. The highest BCUT2D eigenvalue weighted by Gasteiger charge is 2.34. The maximum atomic E-state index is 12.8. The number of amides is 1. The number of carbonyl (C=O) groups excluding carboxylic acids is 2. The van der Waals surface area contributed by atoms with Crippen LogP contribution >= 0.6 is 0 Å². The molecule has 1 aliphatic rings. The lowest BCUT2D eigenvalue weighted by atomic mass is 9.94. The highest BCUT2D eigenvalue weighted by atomic mass is 16.5. The van der Waals surface area contributed by atoms with Crippen molar-refractivity contribution in [2.24, 2.45) is 11.8 Å². The highest BCUT2D eigenvalue weighted by molar-refractivity contribution is 6.00. The van der Waals surface area contributed by atoms with Gasteiger partial charge in [-0.05, 0) is 48.1 Å². The minimum absolute atomic E-state index is 0.0550. The maximum absolute atomic E-state index is 12.8. The lowest BCUT2D eigenvalue weighted by molar-refractivity contribution is 0.0958. The van der Waals surface area contributed by atoms with Gasteiger partial charge in [-0.15, -0.1) is 0 Å². The van der Waals surface area contributed by atoms with Crippen molar-refractivity contribution < 1.29 is 19.4 Å². The number of ether oxygens (including phenoxy) is 1. The van der Waals surface area contributed by atoms with Crippen molar-refractivity contribution >= 4 is 11.7 Å². The molecule has 1 aromatic heterocycles. The zero-order valence-corrected chi connectivity index (χ0v) is 17.1. The van der Waals surface area contributed by atoms with E-state index in [9.17, 15) is 9.59 Å². The van der Waals surface area contributed by atoms with E-state index < -0.39 is 0 Å². The van der Waals surface area contributed by atoms with Gasteiger partial charge in [-0.25, -0.2) is 4.98 Å². The minimum Gasteiger partial charge on any atom is -0.491 e. The van der Waals surface area contributed by atoms with Gasteiger partial charge < -0.3 is 15.2 Å². The summed E-state index contributed by atoms with van der Waals surface area (Å²) < 4.78 is 5.50. The van der Waals surface area contributed by atoms with Crippen molar-refractivity contribution in [3.05, 3.63) is 58.9 Å². The molecule has 6 heteroatoms. The first-order valence-corrected chi connectivity index (χ1v) is 10.0. The molecule has 2 aromatic rings. The van der Waals surface area contributed by atoms with Crippen molar-refractivity contribution in [2.45, 2.75) is 32.6 Å². The molecule has 0 spiro atoms. The molecule has 0 bridgehead atoms. The number of ketones is 1. The van der Waals surface area contributed by atoms with E-state index >= 15 is 0 Å². The van der Waals surface area contributed by atoms with Gasteiger partial charge in [-0.1, -0.05) is 26.0 Å². The van der Waals surface area contributed by atoms with Gasteiger partial charge in [0.05, 0.1) is 6.61 Å². The predicted octanol–water partition coefficient (Wildman–Crippen LogP) is 3.19. The van der Waals surface area contributed by atoms with Crippen LogP contribution in [0.15, 0.2) is 36.4 Å². The molecule has 1 aromatic carbocycles. The summed E-state index contributed by atoms with van der Waals surface area (Å²) in [5.41, 5.74) is 2.40. The number of aliphatic hydroxyl groups is 1. The topological polar surface area (TPSA) is 88.5 Å². The molecule has 1 fully saturated rings. The van der Waals surface area contributed by atoms with Gasteiger partial charge in [-0.2, -0.15) is 0 Å². The number of pyridine rings is 1. The molecule has 1 saturated carbocycles. The average Bonchev–Trinajstić information content (AvgIpc) is 3.44. The van der Waals surface area contributed by atoms with Crippen LogP contribution in [0.2, 0.25) is 0 Å². The molecule has 1 heterocycles. The minimum atomic E-state index is -0.312. The van der Waals surface area contributed by atoms with E-state index in [1.165, 1.54) is 0 Å². The second-order valence-electron chi connectivity index (χ2n) is 7.71. The number of rotatable bonds is 9. The number of aromatic nitrogens is 1. The Morgan fingerprint density at radius 2 is 2.07 bits per heavy atom. The smallest absolute Gasteiger partial charge is 0.269 e. The SMILES string of the molecule is CNC(=O)c1cc(C(=O)C[C@H]2C[C@@H]2C)cc([C@@H](C)c2cccc(OCCO)c2)n1. The van der Waals surface area contributed by atoms with Gasteiger partial charge >= 0.3 is 0 Å². The van der Waals surface area contributed by atoms with Crippen LogP contribution in [0.5, 0.6) is 5.75 Å². The summed E-state index contributed by atoms with van der Waals surface area (Å²) in [6, 6.07) is 10.9. The fourth-order valence-electron chi connectivity index (χ4n) is 3.43. The van der Waals surface area contributed by atoms with E-state index in [4.69, 9.17) is 9.84 Å². The molecule has 1 aliphatic carbocycles. The quantitative estimate of drug-likeness (QED) is 0.636. The zero-order chi connectivity index (χ0) is 21.0. The molecule has 3 atom stereocenters. The molecule has 3 rings (SSSR count). The molecular formula is C23H28N2O4. The second kappa shape index (κ2) is 9.18. The van der Waals surface area contributed by atoms with Crippen LogP contribution in [0.3, 0.4) is 0 Å². The molecular weight excluding hydrogens is 368 g/mol. The Bertz CT molecular complexity index is 896. The van der Waals surface area contributed by atoms with Crippen LogP contribution in [-0.4, -0.2) is 42.0 Å². The Balaban J connectivity index is 1.91. The molecule has 6 nitrogen and oxygen atoms in total. The molecule has 0 radical (unpaired) electrons. The first kappa shape index (κ1) is 21.0. The number of aliphatic hydroxyl groups excluding tert-OH is 1. The summed E-state index contributed by atoms with van der Waals surface area (Å²) in [6.45, 7) is 4.30. The van der Waals surface area contributed by atoms with Gasteiger partial charge in [-0.3, -0.25) is 9.59 Å². The Labute approximate surface area is 171 Å². The van der Waals surface area contributed by atoms with Gasteiger partial charge in [0.1, 0.15) is 18.1 Å². The Hall–Kier alpha value is -2.73. The van der Waals surface area contributed by atoms with Crippen LogP contribution in [0.25, 0.3) is 0 Å². The fourth-order valence-corrected chi connectivity index (χ4v) is 3.43. The molecule has 1 amide bonds. The van der Waals surface area contributed by atoms with Crippen molar-refractivity contribution in [2.75, 3.05) is 20.3 Å². The van der Waals surface area contributed by atoms with E-state index in [0.29, 0.717) is 35.3 Å². The maximum Gasteiger partial charge on any atom is 0.269 e. The average molecular weight is 396 g/mol. The van der Waals surface area contributed by atoms with E-state index in [2.05, 4.69) is 17.2 Å². The number of hydrogen-bond donors (Lipinski definition) is 2. The Kier molecular flexibility index (Phi) is 6.64. The number of hydrogen-bond acceptors (Lipinski definition) is 5. The van der Waals surface area contributed by atoms with E-state index in [0.717, 1.165) is 12.0 Å². The summed E-state index contributed by atoms with van der Waals surface area (Å²) in [5, 5.41) is 11.5. The standard InChI is InChI=1S/C23H28N2O4/c1-14-9-17(14)13-22(27)18-11-20(25-21(12-18)23(28)24-3)15(2)16-5-4-6-19(10-16)29-8-7-26/h4-6,10-12,14-15,17,26H,7-9,13H2,1-3H3,(H,24,28)/t14-,15-,17+/m0/s1. The second-order valence-corrected chi connectivity index (χ2v) is 7.71. The van der Waals surface area contributed by atoms with E-state index in [1.54, 1.807) is 19.2 Å². The third kappa shape index (κ3) is 5.21. The lowest BCUT2D eigenvalue weighted by Gasteiger charge is -2.15. The largest absolute Gasteiger partial charge is 0.491 e. The van der Waals surface area contributed by atoms with Gasteiger partial charge in [0.25, 0.3) is 5.91 Å². The Morgan fingerprint density at radius 1 is 1.31 bits per heavy atom. The first-order chi connectivity index (χ1) is 13.9. The van der Waals surface area contributed by atoms with Crippen molar-refractivity contribution in [3.63, 3.8) is 0 Å². The molecule has 0 unspecified atom stereocenters. The first-order valence-electron chi connectivity index (χ1n) is 10.0. The highest BCUT2D eigenvalue weighted by Crippen LogP contribution is 2.41. The molecule has 0 aliphatic heterocycles. The number of nitrogens with one attached hydrogen (secondary N) is 1. The predicted molar refractivity (Wildman–Crippen MR) is 110 cm³/mol. The van der Waals surface area contributed by atoms with E-state index in [1.807, 2.05) is 31.2 Å². The van der Waals surface area contributed by atoms with Crippen LogP contribution in [-0.2, 0) is 0 Å². The normalized spacial score (nSPS) is 18.8. The monoisotopic (exact) mass is 396 g/mol. The lowest BCUT2D eigenvalue weighted by Crippen LogP contribution is -2.21. The molecule has 0 saturated heterocycles. The fraction of sp³-hybridized carbons (Fsp3) is 0.435. The molecule has 2 N–H and O–H groups in total. The van der Waals surface area contributed by atoms with Crippen LogP contribution in [0, 0.1) is 11.8 Å². The van der Waals surface area contributed by atoms with Crippen LogP contribution in [0.4, 0.5) is 0 Å². The number of carbonyl (C=O) groups is 2. The Morgan fingerprint density at radius 3 is 2.72 bits per heavy atom. The number of benzene rings is 1. The van der Waals surface area contributed by atoms with Crippen molar-refractivity contribution in [1.29, 1.82) is 0 Å². The summed E-state index contributed by atoms with van der Waals surface area (Å²) in [5.74, 6) is 1.31. The summed E-state index contributed by atoms with van der Waals surface area (Å²) >= 11 is 0. The van der Waals surface area contributed by atoms with Crippen molar-refractivity contribution in [3.8, 4) is 5.75 Å². The van der Waals surface area contributed by atoms with Gasteiger partial charge in [0.2, 0.25) is 0 Å². The molecule has 29 heavy (non-hydrogen) atoms. The third-order valence-electron chi connectivity index (χ3n) is 5.51. The summed E-state index contributed by atoms with van der Waals surface area (Å²) in [4.78, 5) is 29.5. The van der Waals surface area contributed by atoms with Crippen LogP contribution in [0.1, 0.15) is 64.7 Å². The summed E-state index contributed by atoms with van der Waals surface area (Å²) in [6.07, 6.45) is 1.60. The third-order valence-corrected chi connectivity index (χ3v) is 5.51. The van der Waals surface area contributed by atoms with E-state index in [-0.39, 0.29) is 36.5 Å². The summed E-state index contributed by atoms with van der Waals surface area (Å²) in [7, 11) is 1.55.